The van der Waals surface area contributed by atoms with Gasteiger partial charge in [-0.1, -0.05) is 50.0 Å². The Labute approximate surface area is 117 Å². The first-order valence-electron chi connectivity index (χ1n) is 7.70. The van der Waals surface area contributed by atoms with Gasteiger partial charge in [0.25, 0.3) is 0 Å². The van der Waals surface area contributed by atoms with Crippen LogP contribution < -0.4 is 0 Å². The second-order valence-electron chi connectivity index (χ2n) is 5.81. The van der Waals surface area contributed by atoms with E-state index in [2.05, 4.69) is 31.1 Å². The van der Waals surface area contributed by atoms with Crippen LogP contribution in [0, 0.1) is 16.9 Å². The van der Waals surface area contributed by atoms with E-state index in [9.17, 15) is 0 Å². The molecule has 1 unspecified atom stereocenters. The fraction of sp³-hybridized carbons (Fsp3) is 0.500. The van der Waals surface area contributed by atoms with Crippen molar-refractivity contribution in [2.24, 2.45) is 5.41 Å². The second-order valence-corrected chi connectivity index (χ2v) is 10.6. The highest BCUT2D eigenvalue weighted by atomic mass is 28.3. The maximum absolute atomic E-state index is 7.74. The van der Waals surface area contributed by atoms with Crippen LogP contribution in [0.25, 0.3) is 0 Å². The first kappa shape index (κ1) is 10.8. The van der Waals surface area contributed by atoms with E-state index in [-0.39, 0.29) is 6.61 Å². The van der Waals surface area contributed by atoms with Gasteiger partial charge in [0.05, 0.1) is 13.2 Å². The zero-order chi connectivity index (χ0) is 16.1. The van der Waals surface area contributed by atoms with E-state index in [1.54, 1.807) is 6.92 Å². The molecule has 1 aromatic carbocycles. The van der Waals surface area contributed by atoms with Crippen LogP contribution in [0.2, 0.25) is 19.6 Å². The van der Waals surface area contributed by atoms with Gasteiger partial charge < -0.3 is 4.74 Å². The molecule has 0 saturated heterocycles. The molecule has 0 aromatic heterocycles. The van der Waals surface area contributed by atoms with Gasteiger partial charge in [0, 0.05) is 9.53 Å². The molecule has 0 saturated carbocycles. The summed E-state index contributed by atoms with van der Waals surface area (Å²) in [5, 5.41) is 0. The smallest absolute Gasteiger partial charge is 0.129 e. The monoisotopic (exact) mass is 263 g/mol. The standard InChI is InChI=1S/C16H24OSi/c1-16(2,11-12-18(3,4)5)14-17-13-15-9-7-6-8-10-15/h6-10H,13-14H2,1-5H3/i1D3. The molecule has 0 aliphatic heterocycles. The van der Waals surface area contributed by atoms with Gasteiger partial charge in [-0.3, -0.25) is 0 Å². The molecule has 0 amide bonds. The zero-order valence-electron chi connectivity index (χ0n) is 14.7. The largest absolute Gasteiger partial charge is 0.375 e. The van der Waals surface area contributed by atoms with E-state index in [4.69, 9.17) is 8.85 Å². The molecule has 0 aliphatic carbocycles. The Morgan fingerprint density at radius 1 is 1.28 bits per heavy atom. The van der Waals surface area contributed by atoms with Gasteiger partial charge in [-0.05, 0) is 19.3 Å². The first-order valence-corrected chi connectivity index (χ1v) is 9.70. The summed E-state index contributed by atoms with van der Waals surface area (Å²) in [5.74, 6) is 2.99. The van der Waals surface area contributed by atoms with E-state index in [1.165, 1.54) is 0 Å². The number of ether oxygens (including phenoxy) is 1. The van der Waals surface area contributed by atoms with Gasteiger partial charge in [0.2, 0.25) is 0 Å². The highest BCUT2D eigenvalue weighted by molar-refractivity contribution is 6.83. The predicted molar refractivity (Wildman–Crippen MR) is 81.0 cm³/mol. The lowest BCUT2D eigenvalue weighted by molar-refractivity contribution is 0.0753. The van der Waals surface area contributed by atoms with Crippen LogP contribution in [0.4, 0.5) is 0 Å². The highest BCUT2D eigenvalue weighted by Crippen LogP contribution is 2.15. The molecule has 0 aliphatic rings. The lowest BCUT2D eigenvalue weighted by Gasteiger charge is -2.18. The van der Waals surface area contributed by atoms with Crippen molar-refractivity contribution in [1.82, 2.24) is 0 Å². The van der Waals surface area contributed by atoms with Gasteiger partial charge in [-0.2, -0.15) is 0 Å². The summed E-state index contributed by atoms with van der Waals surface area (Å²) in [6.45, 7) is 6.33. The minimum Gasteiger partial charge on any atom is -0.375 e. The Kier molecular flexibility index (Phi) is 3.75. The summed E-state index contributed by atoms with van der Waals surface area (Å²) in [6.07, 6.45) is 0. The number of rotatable bonds is 4. The molecule has 1 rings (SSSR count). The Hall–Kier alpha value is -1.04. The van der Waals surface area contributed by atoms with Crippen LogP contribution in [0.3, 0.4) is 0 Å². The molecule has 98 valence electrons. The third-order valence-corrected chi connectivity index (χ3v) is 3.09. The predicted octanol–water partition coefficient (Wildman–Crippen LogP) is 4.11. The molecule has 0 radical (unpaired) electrons. The van der Waals surface area contributed by atoms with Crippen molar-refractivity contribution in [2.75, 3.05) is 6.61 Å². The first-order chi connectivity index (χ1) is 9.54. The molecule has 0 bridgehead atoms. The highest BCUT2D eigenvalue weighted by Gasteiger charge is 2.16. The lowest BCUT2D eigenvalue weighted by Crippen LogP contribution is -2.21. The van der Waals surface area contributed by atoms with E-state index in [1.807, 2.05) is 30.3 Å². The molecular formula is C16H24OSi. The van der Waals surface area contributed by atoms with Crippen molar-refractivity contribution in [2.45, 2.75) is 40.0 Å². The second kappa shape index (κ2) is 6.22. The summed E-state index contributed by atoms with van der Waals surface area (Å²) in [5.41, 5.74) is 3.07. The summed E-state index contributed by atoms with van der Waals surface area (Å²) in [6, 6.07) is 9.73. The third-order valence-electron chi connectivity index (χ3n) is 2.22. The van der Waals surface area contributed by atoms with Gasteiger partial charge in [0.1, 0.15) is 8.07 Å². The summed E-state index contributed by atoms with van der Waals surface area (Å²) in [4.78, 5) is 0. The van der Waals surface area contributed by atoms with E-state index < -0.39 is 20.3 Å². The van der Waals surface area contributed by atoms with E-state index in [0.717, 1.165) is 5.56 Å². The average Bonchev–Trinajstić information content (AvgIpc) is 2.35. The zero-order valence-corrected chi connectivity index (χ0v) is 12.7. The Morgan fingerprint density at radius 3 is 2.50 bits per heavy atom. The van der Waals surface area contributed by atoms with Crippen LogP contribution >= 0.6 is 0 Å². The number of benzene rings is 1. The minimum absolute atomic E-state index is 0.107. The normalized spacial score (nSPS) is 17.7. The summed E-state index contributed by atoms with van der Waals surface area (Å²) in [7, 11) is -1.62. The topological polar surface area (TPSA) is 9.23 Å². The van der Waals surface area contributed by atoms with Crippen LogP contribution in [0.5, 0.6) is 0 Å². The Balaban J connectivity index is 2.77. The van der Waals surface area contributed by atoms with E-state index >= 15 is 0 Å². The van der Waals surface area contributed by atoms with Crippen LogP contribution in [0.15, 0.2) is 30.3 Å². The van der Waals surface area contributed by atoms with Crippen LogP contribution in [-0.2, 0) is 11.3 Å². The van der Waals surface area contributed by atoms with Crippen molar-refractivity contribution in [3.63, 3.8) is 0 Å². The van der Waals surface area contributed by atoms with Crippen molar-refractivity contribution in [1.29, 1.82) is 0 Å². The maximum atomic E-state index is 7.74. The summed E-state index contributed by atoms with van der Waals surface area (Å²) < 4.78 is 28.9. The molecule has 1 aromatic rings. The van der Waals surface area contributed by atoms with Crippen LogP contribution in [-0.4, -0.2) is 14.7 Å². The molecule has 0 heterocycles. The van der Waals surface area contributed by atoms with Crippen molar-refractivity contribution >= 4 is 8.07 Å². The van der Waals surface area contributed by atoms with E-state index in [0.29, 0.717) is 6.61 Å². The van der Waals surface area contributed by atoms with Gasteiger partial charge in [-0.15, -0.1) is 11.5 Å². The van der Waals surface area contributed by atoms with Gasteiger partial charge in [0.15, 0.2) is 0 Å². The quantitative estimate of drug-likeness (QED) is 0.587. The van der Waals surface area contributed by atoms with Crippen molar-refractivity contribution in [3.05, 3.63) is 35.9 Å². The molecule has 0 N–H and O–H groups in total. The average molecular weight is 263 g/mol. The molecule has 0 fully saturated rings. The lowest BCUT2D eigenvalue weighted by atomic mass is 9.96. The molecule has 1 nitrogen and oxygen atoms in total. The Bertz CT molecular complexity index is 508. The van der Waals surface area contributed by atoms with Gasteiger partial charge >= 0.3 is 0 Å². The Morgan fingerprint density at radius 2 is 1.94 bits per heavy atom. The van der Waals surface area contributed by atoms with Crippen LogP contribution in [0.1, 0.15) is 23.5 Å². The molecular weight excluding hydrogens is 236 g/mol. The molecule has 1 atom stereocenters. The molecule has 18 heavy (non-hydrogen) atoms. The minimum atomic E-state index is -2.16. The van der Waals surface area contributed by atoms with Gasteiger partial charge in [-0.25, -0.2) is 0 Å². The molecule has 0 spiro atoms. The number of hydrogen-bond acceptors (Lipinski definition) is 1. The summed E-state index contributed by atoms with van der Waals surface area (Å²) >= 11 is 0. The maximum Gasteiger partial charge on any atom is 0.129 e. The number of hydrogen-bond donors (Lipinski definition) is 0. The van der Waals surface area contributed by atoms with Crippen molar-refractivity contribution in [3.8, 4) is 11.5 Å². The van der Waals surface area contributed by atoms with Crippen molar-refractivity contribution < 1.29 is 8.85 Å². The fourth-order valence-electron chi connectivity index (χ4n) is 1.31. The fourth-order valence-corrected chi connectivity index (χ4v) is 1.96. The third kappa shape index (κ3) is 6.63. The molecule has 2 heteroatoms. The SMILES string of the molecule is [2H]C([2H])([2H])C(C)(C#C[Si](C)(C)C)COCc1ccccc1.